The van der Waals surface area contributed by atoms with Crippen LogP contribution in [0, 0.1) is 6.92 Å². The van der Waals surface area contributed by atoms with E-state index in [0.717, 1.165) is 31.0 Å². The standard InChI is InChI=1S/C13H19NO2/c1-10-5-6-13(15-2)12(8-10)14-9-11-4-3-7-16-11/h5-6,8,11,14H,3-4,7,9H2,1-2H3. The van der Waals surface area contributed by atoms with Crippen LogP contribution >= 0.6 is 0 Å². The van der Waals surface area contributed by atoms with Crippen molar-refractivity contribution in [1.29, 1.82) is 0 Å². The lowest BCUT2D eigenvalue weighted by Gasteiger charge is -2.15. The first-order chi connectivity index (χ1) is 7.79. The molecule has 1 saturated heterocycles. The monoisotopic (exact) mass is 221 g/mol. The van der Waals surface area contributed by atoms with Crippen LogP contribution in [-0.4, -0.2) is 26.4 Å². The molecule has 1 N–H and O–H groups in total. The Labute approximate surface area is 96.8 Å². The van der Waals surface area contributed by atoms with Crippen LogP contribution in [0.1, 0.15) is 18.4 Å². The Morgan fingerprint density at radius 2 is 2.38 bits per heavy atom. The smallest absolute Gasteiger partial charge is 0.141 e. The van der Waals surface area contributed by atoms with Gasteiger partial charge < -0.3 is 14.8 Å². The van der Waals surface area contributed by atoms with E-state index in [9.17, 15) is 0 Å². The molecule has 0 radical (unpaired) electrons. The summed E-state index contributed by atoms with van der Waals surface area (Å²) in [5, 5.41) is 3.40. The van der Waals surface area contributed by atoms with E-state index in [0.29, 0.717) is 6.10 Å². The molecule has 2 rings (SSSR count). The number of ether oxygens (including phenoxy) is 2. The number of methoxy groups -OCH3 is 1. The zero-order valence-corrected chi connectivity index (χ0v) is 9.95. The fraction of sp³-hybridized carbons (Fsp3) is 0.538. The zero-order chi connectivity index (χ0) is 11.4. The first-order valence-corrected chi connectivity index (χ1v) is 5.79. The van der Waals surface area contributed by atoms with Crippen LogP contribution in [0.3, 0.4) is 0 Å². The molecule has 0 saturated carbocycles. The summed E-state index contributed by atoms with van der Waals surface area (Å²) in [5.74, 6) is 0.892. The quantitative estimate of drug-likeness (QED) is 0.847. The van der Waals surface area contributed by atoms with Crippen molar-refractivity contribution in [3.63, 3.8) is 0 Å². The van der Waals surface area contributed by atoms with E-state index < -0.39 is 0 Å². The maximum atomic E-state index is 5.58. The molecule has 0 aliphatic carbocycles. The van der Waals surface area contributed by atoms with Crippen molar-refractivity contribution in [3.8, 4) is 5.75 Å². The minimum Gasteiger partial charge on any atom is -0.495 e. The number of nitrogens with one attached hydrogen (secondary N) is 1. The second-order valence-electron chi connectivity index (χ2n) is 4.22. The van der Waals surface area contributed by atoms with Gasteiger partial charge in [-0.2, -0.15) is 0 Å². The van der Waals surface area contributed by atoms with Gasteiger partial charge in [-0.25, -0.2) is 0 Å². The summed E-state index contributed by atoms with van der Waals surface area (Å²) < 4.78 is 10.9. The Kier molecular flexibility index (Phi) is 3.67. The lowest BCUT2D eigenvalue weighted by molar-refractivity contribution is 0.120. The SMILES string of the molecule is COc1ccc(C)cc1NCC1CCCO1. The minimum absolute atomic E-state index is 0.352. The molecule has 0 amide bonds. The third-order valence-corrected chi connectivity index (χ3v) is 2.90. The lowest BCUT2D eigenvalue weighted by atomic mass is 10.2. The highest BCUT2D eigenvalue weighted by Crippen LogP contribution is 2.25. The van der Waals surface area contributed by atoms with Gasteiger partial charge in [0.25, 0.3) is 0 Å². The third-order valence-electron chi connectivity index (χ3n) is 2.90. The van der Waals surface area contributed by atoms with Gasteiger partial charge >= 0.3 is 0 Å². The highest BCUT2D eigenvalue weighted by molar-refractivity contribution is 5.58. The molecule has 1 aliphatic heterocycles. The Bertz CT molecular complexity index is 346. The van der Waals surface area contributed by atoms with Crippen LogP contribution < -0.4 is 10.1 Å². The topological polar surface area (TPSA) is 30.5 Å². The van der Waals surface area contributed by atoms with E-state index in [1.54, 1.807) is 7.11 Å². The van der Waals surface area contributed by atoms with Crippen molar-refractivity contribution in [2.75, 3.05) is 25.6 Å². The normalized spacial score (nSPS) is 19.8. The van der Waals surface area contributed by atoms with Crippen molar-refractivity contribution in [2.45, 2.75) is 25.9 Å². The molecule has 1 unspecified atom stereocenters. The summed E-state index contributed by atoms with van der Waals surface area (Å²) in [6.07, 6.45) is 2.68. The lowest BCUT2D eigenvalue weighted by Crippen LogP contribution is -2.18. The average molecular weight is 221 g/mol. The molecule has 3 nitrogen and oxygen atoms in total. The van der Waals surface area contributed by atoms with Crippen LogP contribution in [0.15, 0.2) is 18.2 Å². The van der Waals surface area contributed by atoms with Gasteiger partial charge in [-0.3, -0.25) is 0 Å². The van der Waals surface area contributed by atoms with E-state index in [-0.39, 0.29) is 0 Å². The third kappa shape index (κ3) is 2.67. The maximum Gasteiger partial charge on any atom is 0.141 e. The van der Waals surface area contributed by atoms with Gasteiger partial charge in [0.2, 0.25) is 0 Å². The molecule has 1 atom stereocenters. The van der Waals surface area contributed by atoms with Crippen LogP contribution in [-0.2, 0) is 4.74 Å². The first kappa shape index (κ1) is 11.3. The largest absolute Gasteiger partial charge is 0.495 e. The number of hydrogen-bond donors (Lipinski definition) is 1. The summed E-state index contributed by atoms with van der Waals surface area (Å²) in [6, 6.07) is 6.15. The summed E-state index contributed by atoms with van der Waals surface area (Å²) in [5.41, 5.74) is 2.29. The van der Waals surface area contributed by atoms with Crippen molar-refractivity contribution >= 4 is 5.69 Å². The molecule has 1 heterocycles. The van der Waals surface area contributed by atoms with Crippen molar-refractivity contribution in [3.05, 3.63) is 23.8 Å². The van der Waals surface area contributed by atoms with Crippen LogP contribution in [0.25, 0.3) is 0 Å². The predicted molar refractivity (Wildman–Crippen MR) is 65.2 cm³/mol. The average Bonchev–Trinajstić information content (AvgIpc) is 2.79. The van der Waals surface area contributed by atoms with Gasteiger partial charge in [-0.05, 0) is 37.5 Å². The molecule has 0 bridgehead atoms. The predicted octanol–water partition coefficient (Wildman–Crippen LogP) is 2.59. The number of benzene rings is 1. The number of rotatable bonds is 4. The van der Waals surface area contributed by atoms with Crippen LogP contribution in [0.4, 0.5) is 5.69 Å². The highest BCUT2D eigenvalue weighted by Gasteiger charge is 2.15. The molecular weight excluding hydrogens is 202 g/mol. The molecule has 1 aromatic rings. The van der Waals surface area contributed by atoms with Gasteiger partial charge in [0.15, 0.2) is 0 Å². The Morgan fingerprint density at radius 3 is 3.06 bits per heavy atom. The second-order valence-corrected chi connectivity index (χ2v) is 4.22. The molecule has 1 aromatic carbocycles. The van der Waals surface area contributed by atoms with Gasteiger partial charge in [-0.1, -0.05) is 6.07 Å². The van der Waals surface area contributed by atoms with Gasteiger partial charge in [0.1, 0.15) is 5.75 Å². The molecule has 0 aromatic heterocycles. The molecular formula is C13H19NO2. The van der Waals surface area contributed by atoms with Crippen LogP contribution in [0.2, 0.25) is 0 Å². The second kappa shape index (κ2) is 5.21. The summed E-state index contributed by atoms with van der Waals surface area (Å²) in [6.45, 7) is 3.84. The summed E-state index contributed by atoms with van der Waals surface area (Å²) >= 11 is 0. The molecule has 3 heteroatoms. The first-order valence-electron chi connectivity index (χ1n) is 5.79. The van der Waals surface area contributed by atoms with Gasteiger partial charge in [-0.15, -0.1) is 0 Å². The highest BCUT2D eigenvalue weighted by atomic mass is 16.5. The number of anilines is 1. The summed E-state index contributed by atoms with van der Waals surface area (Å²) in [4.78, 5) is 0. The van der Waals surface area contributed by atoms with Crippen molar-refractivity contribution in [2.24, 2.45) is 0 Å². The van der Waals surface area contributed by atoms with E-state index in [2.05, 4.69) is 24.4 Å². The maximum absolute atomic E-state index is 5.58. The van der Waals surface area contributed by atoms with Crippen molar-refractivity contribution < 1.29 is 9.47 Å². The number of aryl methyl sites for hydroxylation is 1. The molecule has 1 aliphatic rings. The fourth-order valence-electron chi connectivity index (χ4n) is 1.99. The zero-order valence-electron chi connectivity index (χ0n) is 9.95. The van der Waals surface area contributed by atoms with Gasteiger partial charge in [0.05, 0.1) is 18.9 Å². The Balaban J connectivity index is 1.98. The van der Waals surface area contributed by atoms with Crippen LogP contribution in [0.5, 0.6) is 5.75 Å². The van der Waals surface area contributed by atoms with Crippen molar-refractivity contribution in [1.82, 2.24) is 0 Å². The molecule has 16 heavy (non-hydrogen) atoms. The fourth-order valence-corrected chi connectivity index (χ4v) is 1.99. The molecule has 0 spiro atoms. The minimum atomic E-state index is 0.352. The Morgan fingerprint density at radius 1 is 1.50 bits per heavy atom. The molecule has 1 fully saturated rings. The van der Waals surface area contributed by atoms with E-state index in [1.165, 1.54) is 12.0 Å². The van der Waals surface area contributed by atoms with E-state index in [4.69, 9.17) is 9.47 Å². The summed E-state index contributed by atoms with van der Waals surface area (Å²) in [7, 11) is 1.70. The van der Waals surface area contributed by atoms with Gasteiger partial charge in [0, 0.05) is 13.2 Å². The van der Waals surface area contributed by atoms with E-state index in [1.807, 2.05) is 6.07 Å². The van der Waals surface area contributed by atoms with E-state index >= 15 is 0 Å². The molecule has 88 valence electrons. The Hall–Kier alpha value is -1.22. The number of hydrogen-bond acceptors (Lipinski definition) is 3.